The van der Waals surface area contributed by atoms with Gasteiger partial charge in [0.2, 0.25) is 5.95 Å². The van der Waals surface area contributed by atoms with E-state index in [1.165, 1.54) is 18.5 Å². The van der Waals surface area contributed by atoms with Crippen LogP contribution in [0.15, 0.2) is 67.0 Å². The minimum atomic E-state index is -4.43. The van der Waals surface area contributed by atoms with E-state index in [2.05, 4.69) is 30.6 Å². The van der Waals surface area contributed by atoms with Gasteiger partial charge in [0.1, 0.15) is 12.1 Å². The van der Waals surface area contributed by atoms with Gasteiger partial charge < -0.3 is 20.7 Å². The summed E-state index contributed by atoms with van der Waals surface area (Å²) < 4.78 is 38.9. The number of anilines is 3. The smallest absolute Gasteiger partial charge is 0.416 e. The van der Waals surface area contributed by atoms with E-state index < -0.39 is 17.7 Å². The monoisotopic (exact) mass is 478 g/mol. The van der Waals surface area contributed by atoms with Gasteiger partial charge >= 0.3 is 12.1 Å². The summed E-state index contributed by atoms with van der Waals surface area (Å²) in [5.74, 6) is -0.263. The van der Waals surface area contributed by atoms with E-state index >= 15 is 0 Å². The molecule has 0 saturated carbocycles. The first-order valence-electron chi connectivity index (χ1n) is 10.4. The summed E-state index contributed by atoms with van der Waals surface area (Å²) in [5, 5.41) is 16.2. The van der Waals surface area contributed by atoms with Gasteiger partial charge in [-0.25, -0.2) is 19.7 Å². The average Bonchev–Trinajstić information content (AvgIpc) is 3.23. The number of carboxylic acids is 1. The summed E-state index contributed by atoms with van der Waals surface area (Å²) in [6.45, 7) is 0.383. The molecule has 5 aromatic rings. The molecule has 5 rings (SSSR count). The number of para-hydroxylation sites is 1. The molecule has 35 heavy (non-hydrogen) atoms. The number of nitrogens with zero attached hydrogens (tertiary/aromatic N) is 3. The Morgan fingerprint density at radius 2 is 1.86 bits per heavy atom. The number of halogens is 3. The van der Waals surface area contributed by atoms with Crippen molar-refractivity contribution in [2.45, 2.75) is 12.7 Å². The number of H-pyrrole nitrogens is 1. The summed E-state index contributed by atoms with van der Waals surface area (Å²) in [5.41, 5.74) is 1.93. The lowest BCUT2D eigenvalue weighted by atomic mass is 10.1. The second-order valence-corrected chi connectivity index (χ2v) is 7.72. The topological polar surface area (TPSA) is 116 Å². The van der Waals surface area contributed by atoms with Gasteiger partial charge in [-0.1, -0.05) is 18.2 Å². The van der Waals surface area contributed by atoms with E-state index in [0.29, 0.717) is 40.4 Å². The van der Waals surface area contributed by atoms with Crippen LogP contribution in [0.25, 0.3) is 21.9 Å². The summed E-state index contributed by atoms with van der Waals surface area (Å²) >= 11 is 0. The molecule has 0 saturated heterocycles. The summed E-state index contributed by atoms with van der Waals surface area (Å²) in [4.78, 5) is 27.0. The molecule has 176 valence electrons. The minimum Gasteiger partial charge on any atom is -0.478 e. The Labute approximate surface area is 195 Å². The third-order valence-electron chi connectivity index (χ3n) is 5.35. The van der Waals surface area contributed by atoms with Crippen molar-refractivity contribution in [1.29, 1.82) is 0 Å². The largest absolute Gasteiger partial charge is 0.478 e. The van der Waals surface area contributed by atoms with Crippen LogP contribution in [0.1, 0.15) is 21.5 Å². The number of aromatic amines is 1. The van der Waals surface area contributed by atoms with Gasteiger partial charge in [0.05, 0.1) is 27.7 Å². The fourth-order valence-electron chi connectivity index (χ4n) is 3.73. The lowest BCUT2D eigenvalue weighted by Gasteiger charge is -2.10. The normalized spacial score (nSPS) is 11.6. The van der Waals surface area contributed by atoms with E-state index in [-0.39, 0.29) is 11.1 Å². The van der Waals surface area contributed by atoms with Gasteiger partial charge in [-0.2, -0.15) is 13.2 Å². The van der Waals surface area contributed by atoms with Crippen molar-refractivity contribution in [2.24, 2.45) is 0 Å². The Hall–Kier alpha value is -4.67. The number of rotatable bonds is 6. The highest BCUT2D eigenvalue weighted by Crippen LogP contribution is 2.31. The van der Waals surface area contributed by atoms with Crippen LogP contribution in [0.3, 0.4) is 0 Å². The molecule has 8 nitrogen and oxygen atoms in total. The zero-order chi connectivity index (χ0) is 24.6. The molecule has 0 fully saturated rings. The van der Waals surface area contributed by atoms with Crippen molar-refractivity contribution >= 4 is 45.4 Å². The van der Waals surface area contributed by atoms with Gasteiger partial charge in [0.15, 0.2) is 0 Å². The van der Waals surface area contributed by atoms with Crippen LogP contribution in [0.2, 0.25) is 0 Å². The van der Waals surface area contributed by atoms with Crippen LogP contribution in [-0.2, 0) is 12.7 Å². The molecule has 0 unspecified atom stereocenters. The highest BCUT2D eigenvalue weighted by atomic mass is 19.4. The number of carboxylic acid groups (broad SMARTS) is 1. The first kappa shape index (κ1) is 22.1. The third-order valence-corrected chi connectivity index (χ3v) is 5.35. The van der Waals surface area contributed by atoms with E-state index in [0.717, 1.165) is 17.7 Å². The average molecular weight is 478 g/mol. The van der Waals surface area contributed by atoms with E-state index in [1.54, 1.807) is 18.2 Å². The number of aromatic carboxylic acids is 1. The van der Waals surface area contributed by atoms with Crippen LogP contribution in [0.5, 0.6) is 0 Å². The van der Waals surface area contributed by atoms with E-state index in [4.69, 9.17) is 0 Å². The summed E-state index contributed by atoms with van der Waals surface area (Å²) in [7, 11) is 0. The number of imidazole rings is 1. The first-order valence-corrected chi connectivity index (χ1v) is 10.4. The Morgan fingerprint density at radius 1 is 1.03 bits per heavy atom. The predicted molar refractivity (Wildman–Crippen MR) is 125 cm³/mol. The second kappa shape index (κ2) is 8.60. The Bertz CT molecular complexity index is 1560. The van der Waals surface area contributed by atoms with Crippen LogP contribution in [0, 0.1) is 0 Å². The van der Waals surface area contributed by atoms with Gasteiger partial charge in [-0.05, 0) is 48.0 Å². The minimum absolute atomic E-state index is 0.0901. The molecule has 0 aliphatic carbocycles. The molecule has 0 radical (unpaired) electrons. The lowest BCUT2D eigenvalue weighted by Crippen LogP contribution is -2.05. The molecule has 0 bridgehead atoms. The number of carbonyl (C=O) groups is 1. The highest BCUT2D eigenvalue weighted by molar-refractivity contribution is 6.04. The highest BCUT2D eigenvalue weighted by Gasteiger charge is 2.30. The van der Waals surface area contributed by atoms with Crippen molar-refractivity contribution in [2.75, 3.05) is 10.6 Å². The zero-order valence-electron chi connectivity index (χ0n) is 17.9. The molecule has 0 aliphatic rings. The molecule has 0 atom stereocenters. The standard InChI is InChI=1S/C24H17F3N6O2/c25-24(26,27)14-7-8-18-19(10-14)33-23(32-18)31-15-4-1-3-13(9-15)11-28-21-16-5-2-6-17(22(34)35)20(16)29-12-30-21/h1-10,12H,11H2,(H,34,35)(H,28,29,30)(H2,31,32,33). The number of fused-ring (bicyclic) bond motifs is 2. The number of nitrogens with one attached hydrogen (secondary N) is 3. The molecule has 2 heterocycles. The SMILES string of the molecule is O=C(O)c1cccc2c(NCc3cccc(Nc4nc5ccc(C(F)(F)F)cc5[nH]4)c3)ncnc12. The molecule has 0 amide bonds. The first-order chi connectivity index (χ1) is 16.8. The Balaban J connectivity index is 1.34. The van der Waals surface area contributed by atoms with Crippen LogP contribution in [0.4, 0.5) is 30.6 Å². The van der Waals surface area contributed by atoms with Gasteiger partial charge in [-0.3, -0.25) is 0 Å². The molecule has 11 heteroatoms. The molecular formula is C24H17F3N6O2. The number of hydrogen-bond acceptors (Lipinski definition) is 6. The van der Waals surface area contributed by atoms with Gasteiger partial charge in [0, 0.05) is 17.6 Å². The maximum absolute atomic E-state index is 13.0. The second-order valence-electron chi connectivity index (χ2n) is 7.72. The third kappa shape index (κ3) is 4.56. The van der Waals surface area contributed by atoms with Crippen LogP contribution in [-0.4, -0.2) is 31.0 Å². The van der Waals surface area contributed by atoms with E-state index in [1.807, 2.05) is 18.2 Å². The van der Waals surface area contributed by atoms with Crippen molar-refractivity contribution in [3.05, 3.63) is 83.7 Å². The van der Waals surface area contributed by atoms with Crippen molar-refractivity contribution in [3.63, 3.8) is 0 Å². The number of alkyl halides is 3. The maximum atomic E-state index is 13.0. The molecule has 0 spiro atoms. The fraction of sp³-hybridized carbons (Fsp3) is 0.0833. The number of hydrogen-bond donors (Lipinski definition) is 4. The fourth-order valence-corrected chi connectivity index (χ4v) is 3.73. The summed E-state index contributed by atoms with van der Waals surface area (Å²) in [6, 6.07) is 15.6. The Morgan fingerprint density at radius 3 is 2.66 bits per heavy atom. The molecule has 0 aliphatic heterocycles. The van der Waals surface area contributed by atoms with Crippen molar-refractivity contribution < 1.29 is 23.1 Å². The molecule has 2 aromatic heterocycles. The predicted octanol–water partition coefficient (Wildman–Crippen LogP) is 5.58. The molecule has 4 N–H and O–H groups in total. The number of benzene rings is 3. The van der Waals surface area contributed by atoms with E-state index in [9.17, 15) is 23.1 Å². The summed E-state index contributed by atoms with van der Waals surface area (Å²) in [6.07, 6.45) is -3.13. The quantitative estimate of drug-likeness (QED) is 0.252. The Kier molecular flexibility index (Phi) is 5.44. The lowest BCUT2D eigenvalue weighted by molar-refractivity contribution is -0.137. The van der Waals surface area contributed by atoms with Gasteiger partial charge in [0.25, 0.3) is 0 Å². The zero-order valence-corrected chi connectivity index (χ0v) is 17.9. The van der Waals surface area contributed by atoms with Gasteiger partial charge in [-0.15, -0.1) is 0 Å². The maximum Gasteiger partial charge on any atom is 0.416 e. The number of aromatic nitrogens is 4. The molecule has 3 aromatic carbocycles. The van der Waals surface area contributed by atoms with Crippen LogP contribution < -0.4 is 10.6 Å². The van der Waals surface area contributed by atoms with Crippen LogP contribution >= 0.6 is 0 Å². The van der Waals surface area contributed by atoms with Crippen molar-refractivity contribution in [3.8, 4) is 0 Å². The molecular weight excluding hydrogens is 461 g/mol. The van der Waals surface area contributed by atoms with Crippen molar-refractivity contribution in [1.82, 2.24) is 19.9 Å².